The van der Waals surface area contributed by atoms with Gasteiger partial charge < -0.3 is 9.64 Å². The number of carbonyl (C=O) groups excluding carboxylic acids is 3. The molecule has 1 aromatic carbocycles. The summed E-state index contributed by atoms with van der Waals surface area (Å²) in [5.41, 5.74) is 2.40. The zero-order chi connectivity index (χ0) is 16.6. The number of benzene rings is 1. The summed E-state index contributed by atoms with van der Waals surface area (Å²) in [5, 5.41) is 2.34. The summed E-state index contributed by atoms with van der Waals surface area (Å²) in [7, 11) is 3.28. The van der Waals surface area contributed by atoms with Crippen LogP contribution in [0.4, 0.5) is 5.69 Å². The standard InChI is InChI=1S/C17H18N2O4/c1-19-15(21)9-11(8-10-6-7-14(20)18-17(10)22)12-4-3-5-13(23-2)16(12)19/h3-5,8,10H,6-7,9H2,1-2H3,(H,18,20,22)/b11-8-. The minimum absolute atomic E-state index is 0.0551. The molecule has 23 heavy (non-hydrogen) atoms. The lowest BCUT2D eigenvalue weighted by molar-refractivity contribution is -0.135. The molecule has 2 heterocycles. The van der Waals surface area contributed by atoms with Crippen LogP contribution in [0.2, 0.25) is 0 Å². The first kappa shape index (κ1) is 15.3. The topological polar surface area (TPSA) is 75.7 Å². The highest BCUT2D eigenvalue weighted by molar-refractivity contribution is 6.08. The third-order valence-corrected chi connectivity index (χ3v) is 4.30. The highest BCUT2D eigenvalue weighted by atomic mass is 16.5. The third kappa shape index (κ3) is 2.72. The lowest BCUT2D eigenvalue weighted by Crippen LogP contribution is -2.40. The molecule has 3 rings (SSSR count). The number of hydrogen-bond acceptors (Lipinski definition) is 4. The van der Waals surface area contributed by atoms with Crippen LogP contribution in [0, 0.1) is 5.92 Å². The van der Waals surface area contributed by atoms with Gasteiger partial charge in [0.1, 0.15) is 5.75 Å². The van der Waals surface area contributed by atoms with Crippen LogP contribution in [0.1, 0.15) is 24.8 Å². The number of nitrogens with one attached hydrogen (secondary N) is 1. The number of carbonyl (C=O) groups is 3. The van der Waals surface area contributed by atoms with Gasteiger partial charge in [-0.05, 0) is 18.1 Å². The molecule has 1 saturated heterocycles. The molecule has 1 fully saturated rings. The highest BCUT2D eigenvalue weighted by Gasteiger charge is 2.30. The fourth-order valence-corrected chi connectivity index (χ4v) is 3.05. The van der Waals surface area contributed by atoms with E-state index in [2.05, 4.69) is 5.32 Å². The number of rotatable bonds is 2. The summed E-state index contributed by atoms with van der Waals surface area (Å²) in [5.74, 6) is -0.374. The fraction of sp³-hybridized carbons (Fsp3) is 0.353. The Morgan fingerprint density at radius 1 is 1.30 bits per heavy atom. The van der Waals surface area contributed by atoms with Crippen molar-refractivity contribution in [3.63, 3.8) is 0 Å². The molecule has 2 aliphatic heterocycles. The molecular weight excluding hydrogens is 296 g/mol. The Kier molecular flexibility index (Phi) is 3.90. The van der Waals surface area contributed by atoms with E-state index >= 15 is 0 Å². The maximum absolute atomic E-state index is 12.3. The SMILES string of the molecule is COc1cccc2c1N(C)C(=O)C/C2=C/C1CCC(=O)NC1=O. The molecule has 120 valence electrons. The van der Waals surface area contributed by atoms with Gasteiger partial charge in [-0.1, -0.05) is 18.2 Å². The summed E-state index contributed by atoms with van der Waals surface area (Å²) in [6, 6.07) is 5.58. The number of imide groups is 1. The molecule has 6 heteroatoms. The van der Waals surface area contributed by atoms with Gasteiger partial charge in [0.2, 0.25) is 17.7 Å². The summed E-state index contributed by atoms with van der Waals surface area (Å²) >= 11 is 0. The minimum atomic E-state index is -0.391. The number of nitrogens with zero attached hydrogens (tertiary/aromatic N) is 1. The van der Waals surface area contributed by atoms with Crippen LogP contribution < -0.4 is 15.0 Å². The van der Waals surface area contributed by atoms with Gasteiger partial charge in [-0.3, -0.25) is 19.7 Å². The number of hydrogen-bond donors (Lipinski definition) is 1. The van der Waals surface area contributed by atoms with Gasteiger partial charge in [0, 0.05) is 19.0 Å². The molecule has 0 radical (unpaired) electrons. The van der Waals surface area contributed by atoms with E-state index in [1.54, 1.807) is 25.1 Å². The van der Waals surface area contributed by atoms with Gasteiger partial charge in [0.05, 0.1) is 25.1 Å². The van der Waals surface area contributed by atoms with Crippen LogP contribution in [0.25, 0.3) is 5.57 Å². The Bertz CT molecular complexity index is 723. The first-order valence-electron chi connectivity index (χ1n) is 7.49. The van der Waals surface area contributed by atoms with Crippen LogP contribution >= 0.6 is 0 Å². The monoisotopic (exact) mass is 314 g/mol. The number of piperidine rings is 1. The second-order valence-corrected chi connectivity index (χ2v) is 5.74. The van der Waals surface area contributed by atoms with Gasteiger partial charge >= 0.3 is 0 Å². The van der Waals surface area contributed by atoms with E-state index in [0.29, 0.717) is 24.3 Å². The molecule has 1 N–H and O–H groups in total. The Morgan fingerprint density at radius 2 is 2.09 bits per heavy atom. The van der Waals surface area contributed by atoms with Crippen molar-refractivity contribution in [1.82, 2.24) is 5.32 Å². The smallest absolute Gasteiger partial charge is 0.233 e. The van der Waals surface area contributed by atoms with Gasteiger partial charge in [-0.15, -0.1) is 0 Å². The van der Waals surface area contributed by atoms with Crippen LogP contribution in [-0.4, -0.2) is 31.9 Å². The van der Waals surface area contributed by atoms with E-state index in [1.165, 1.54) is 0 Å². The summed E-state index contributed by atoms with van der Waals surface area (Å²) < 4.78 is 5.36. The Hall–Kier alpha value is -2.63. The van der Waals surface area contributed by atoms with Crippen LogP contribution in [0.5, 0.6) is 5.75 Å². The molecule has 0 saturated carbocycles. The third-order valence-electron chi connectivity index (χ3n) is 4.30. The van der Waals surface area contributed by atoms with Crippen molar-refractivity contribution < 1.29 is 19.1 Å². The zero-order valence-corrected chi connectivity index (χ0v) is 13.1. The van der Waals surface area contributed by atoms with E-state index < -0.39 is 5.92 Å². The molecule has 1 unspecified atom stereocenters. The van der Waals surface area contributed by atoms with Crippen molar-refractivity contribution in [2.75, 3.05) is 19.1 Å². The van der Waals surface area contributed by atoms with Crippen LogP contribution in [0.15, 0.2) is 24.3 Å². The number of anilines is 1. The number of ether oxygens (including phenoxy) is 1. The molecule has 0 spiro atoms. The molecule has 1 aromatic rings. The quantitative estimate of drug-likeness (QED) is 0.839. The predicted octanol–water partition coefficient (Wildman–Crippen LogP) is 1.50. The maximum atomic E-state index is 12.3. The summed E-state index contributed by atoms with van der Waals surface area (Å²) in [6.07, 6.45) is 2.83. The lowest BCUT2D eigenvalue weighted by Gasteiger charge is -2.30. The van der Waals surface area contributed by atoms with Crippen LogP contribution in [-0.2, 0) is 14.4 Å². The normalized spacial score (nSPS) is 22.9. The van der Waals surface area contributed by atoms with E-state index in [1.807, 2.05) is 18.2 Å². The van der Waals surface area contributed by atoms with Gasteiger partial charge in [0.25, 0.3) is 0 Å². The number of para-hydroxylation sites is 1. The van der Waals surface area contributed by atoms with E-state index in [-0.39, 0.29) is 24.1 Å². The molecular formula is C17H18N2O4. The number of fused-ring (bicyclic) bond motifs is 1. The molecule has 3 amide bonds. The minimum Gasteiger partial charge on any atom is -0.495 e. The molecule has 2 aliphatic rings. The van der Waals surface area contributed by atoms with Crippen molar-refractivity contribution >= 4 is 29.0 Å². The van der Waals surface area contributed by atoms with Gasteiger partial charge in [-0.2, -0.15) is 0 Å². The molecule has 1 atom stereocenters. The molecule has 0 aromatic heterocycles. The largest absolute Gasteiger partial charge is 0.495 e. The Morgan fingerprint density at radius 3 is 2.78 bits per heavy atom. The molecule has 0 aliphatic carbocycles. The van der Waals surface area contributed by atoms with Crippen molar-refractivity contribution in [3.8, 4) is 5.75 Å². The predicted molar refractivity (Wildman–Crippen MR) is 84.9 cm³/mol. The van der Waals surface area contributed by atoms with Crippen LogP contribution in [0.3, 0.4) is 0 Å². The van der Waals surface area contributed by atoms with Crippen molar-refractivity contribution in [1.29, 1.82) is 0 Å². The first-order chi connectivity index (χ1) is 11.0. The Labute approximate surface area is 134 Å². The van der Waals surface area contributed by atoms with E-state index in [9.17, 15) is 14.4 Å². The number of methoxy groups -OCH3 is 1. The summed E-state index contributed by atoms with van der Waals surface area (Å²) in [6.45, 7) is 0. The first-order valence-corrected chi connectivity index (χ1v) is 7.49. The lowest BCUT2D eigenvalue weighted by atomic mass is 9.89. The average Bonchev–Trinajstić information content (AvgIpc) is 2.54. The van der Waals surface area contributed by atoms with E-state index in [0.717, 1.165) is 11.1 Å². The molecule has 0 bridgehead atoms. The highest BCUT2D eigenvalue weighted by Crippen LogP contribution is 2.41. The maximum Gasteiger partial charge on any atom is 0.233 e. The second kappa shape index (κ2) is 5.87. The van der Waals surface area contributed by atoms with Crippen molar-refractivity contribution in [2.45, 2.75) is 19.3 Å². The van der Waals surface area contributed by atoms with Gasteiger partial charge in [0.15, 0.2) is 0 Å². The average molecular weight is 314 g/mol. The summed E-state index contributed by atoms with van der Waals surface area (Å²) in [4.78, 5) is 37.1. The van der Waals surface area contributed by atoms with E-state index in [4.69, 9.17) is 4.74 Å². The van der Waals surface area contributed by atoms with Gasteiger partial charge in [-0.25, -0.2) is 0 Å². The van der Waals surface area contributed by atoms with Crippen molar-refractivity contribution in [3.05, 3.63) is 29.8 Å². The molecule has 6 nitrogen and oxygen atoms in total. The zero-order valence-electron chi connectivity index (χ0n) is 13.1. The second-order valence-electron chi connectivity index (χ2n) is 5.74. The van der Waals surface area contributed by atoms with Crippen molar-refractivity contribution in [2.24, 2.45) is 5.92 Å². The fourth-order valence-electron chi connectivity index (χ4n) is 3.05. The number of amides is 3. The Balaban J connectivity index is 2.03.